The Morgan fingerprint density at radius 1 is 1.12 bits per heavy atom. The minimum Gasteiger partial charge on any atom is -0.390 e. The maximum Gasteiger partial charge on any atom is 0.256 e. The van der Waals surface area contributed by atoms with Crippen molar-refractivity contribution in [3.05, 3.63) is 35.9 Å². The zero-order chi connectivity index (χ0) is 24.9. The van der Waals surface area contributed by atoms with Crippen LogP contribution in [0.4, 0.5) is 0 Å². The van der Waals surface area contributed by atoms with Crippen LogP contribution in [0.1, 0.15) is 46.0 Å². The molecular weight excluding hydrogens is 432 g/mol. The predicted octanol–water partition coefficient (Wildman–Crippen LogP) is 1.58. The van der Waals surface area contributed by atoms with Gasteiger partial charge in [-0.1, -0.05) is 6.08 Å². The first kappa shape index (κ1) is 25.7. The van der Waals surface area contributed by atoms with Gasteiger partial charge >= 0.3 is 0 Å². The van der Waals surface area contributed by atoms with Crippen molar-refractivity contribution in [3.8, 4) is 0 Å². The lowest BCUT2D eigenvalue weighted by atomic mass is 9.52. The minimum atomic E-state index is -0.750. The third kappa shape index (κ3) is 5.75. The van der Waals surface area contributed by atoms with Crippen molar-refractivity contribution in [1.29, 1.82) is 5.41 Å². The molecule has 0 aromatic carbocycles. The lowest BCUT2D eigenvalue weighted by Crippen LogP contribution is -2.61. The molecule has 0 aromatic heterocycles. The van der Waals surface area contributed by atoms with E-state index < -0.39 is 11.0 Å². The molecule has 0 aromatic rings. The summed E-state index contributed by atoms with van der Waals surface area (Å²) in [7, 11) is 3.19. The summed E-state index contributed by atoms with van der Waals surface area (Å²) in [5, 5.41) is 30.0. The van der Waals surface area contributed by atoms with Gasteiger partial charge in [-0.05, 0) is 76.0 Å². The molecule has 2 unspecified atom stereocenters. The van der Waals surface area contributed by atoms with Crippen LogP contribution in [-0.2, 0) is 9.59 Å². The second-order valence-electron chi connectivity index (χ2n) is 10.3. The molecule has 2 atom stereocenters. The number of hydrogen-bond donors (Lipinski definition) is 6. The summed E-state index contributed by atoms with van der Waals surface area (Å²) in [4.78, 5) is 29.6. The summed E-state index contributed by atoms with van der Waals surface area (Å²) in [6, 6.07) is 0.0330. The monoisotopic (exact) mass is 470 g/mol. The van der Waals surface area contributed by atoms with Gasteiger partial charge in [-0.2, -0.15) is 0 Å². The third-order valence-corrected chi connectivity index (χ3v) is 7.27. The maximum absolute atomic E-state index is 13.4. The molecule has 9 heteroatoms. The van der Waals surface area contributed by atoms with Crippen LogP contribution in [0.5, 0.6) is 0 Å². The number of aliphatic imine (C=N–C) groups is 1. The topological polar surface area (TPSA) is 139 Å². The van der Waals surface area contributed by atoms with Crippen molar-refractivity contribution in [2.24, 2.45) is 28.2 Å². The summed E-state index contributed by atoms with van der Waals surface area (Å²) in [5.74, 6) is 1.12. The van der Waals surface area contributed by atoms with Gasteiger partial charge in [-0.15, -0.1) is 0 Å². The van der Waals surface area contributed by atoms with Gasteiger partial charge < -0.3 is 31.8 Å². The lowest BCUT2D eigenvalue weighted by Gasteiger charge is -2.58. The van der Waals surface area contributed by atoms with Crippen LogP contribution >= 0.6 is 0 Å². The number of nitrogens with zero attached hydrogens (tertiary/aromatic N) is 1. The predicted molar refractivity (Wildman–Crippen MR) is 133 cm³/mol. The van der Waals surface area contributed by atoms with E-state index in [0.29, 0.717) is 17.3 Å². The van der Waals surface area contributed by atoms with Crippen molar-refractivity contribution in [2.75, 3.05) is 14.1 Å². The number of hydrogen-bond acceptors (Lipinski definition) is 7. The van der Waals surface area contributed by atoms with Gasteiger partial charge in [0.25, 0.3) is 5.91 Å². The molecule has 4 aliphatic rings. The second kappa shape index (κ2) is 10.5. The van der Waals surface area contributed by atoms with Crippen LogP contribution in [0, 0.1) is 28.6 Å². The molecular formula is C25H38N6O3. The fourth-order valence-electron chi connectivity index (χ4n) is 5.92. The number of aliphatic hydroxyl groups is 1. The average Bonchev–Trinajstić information content (AvgIpc) is 2.77. The SMILES string of the molecule is C/N=C\C(C(=O)N[C@H]1C2CC3CC1C[C@@](O)(C3)C2)=C(\N/C=C\C=N)N/C=C/C(C)(C)C(=O)NC. The van der Waals surface area contributed by atoms with Crippen molar-refractivity contribution in [3.63, 3.8) is 0 Å². The number of rotatable bonds is 10. The zero-order valence-electron chi connectivity index (χ0n) is 20.5. The molecule has 0 spiro atoms. The van der Waals surface area contributed by atoms with E-state index in [1.807, 2.05) is 0 Å². The summed E-state index contributed by atoms with van der Waals surface area (Å²) in [6.45, 7) is 3.58. The standard InChI is InChI=1S/C25H38N6O3/c1-24(2,23(33)28-4)6-9-30-21(29-8-5-7-26)19(15-27-3)22(32)31-20-17-10-16-11-18(20)14-25(34,12-16)13-17/h5-9,15-18,20,26,29-30,34H,10-14H2,1-4H3,(H,28,33)(H,31,32)/b8-5-,9-6+,21-19+,26-7?,27-15-/t16?,17?,18?,20-,25+. The van der Waals surface area contributed by atoms with Crippen molar-refractivity contribution < 1.29 is 14.7 Å². The molecule has 0 saturated heterocycles. The first-order valence-electron chi connectivity index (χ1n) is 11.9. The van der Waals surface area contributed by atoms with E-state index in [0.717, 1.165) is 38.3 Å². The number of carbonyl (C=O) groups excluding carboxylic acids is 2. The highest BCUT2D eigenvalue weighted by molar-refractivity contribution is 6.12. The maximum atomic E-state index is 13.4. The van der Waals surface area contributed by atoms with E-state index in [1.54, 1.807) is 46.4 Å². The van der Waals surface area contributed by atoms with E-state index in [2.05, 4.69) is 26.3 Å². The average molecular weight is 471 g/mol. The molecule has 186 valence electrons. The van der Waals surface area contributed by atoms with Crippen LogP contribution in [0.3, 0.4) is 0 Å². The fraction of sp³-hybridized carbons (Fsp3) is 0.600. The number of nitrogens with one attached hydrogen (secondary N) is 5. The Balaban J connectivity index is 1.82. The van der Waals surface area contributed by atoms with Crippen molar-refractivity contribution in [1.82, 2.24) is 21.3 Å². The Morgan fingerprint density at radius 2 is 1.76 bits per heavy atom. The molecule has 4 bridgehead atoms. The molecule has 4 fully saturated rings. The number of carbonyl (C=O) groups is 2. The molecule has 4 aliphatic carbocycles. The van der Waals surface area contributed by atoms with Gasteiger partial charge in [-0.25, -0.2) is 0 Å². The quantitative estimate of drug-likeness (QED) is 0.213. The molecule has 2 amide bonds. The van der Waals surface area contributed by atoms with E-state index >= 15 is 0 Å². The molecule has 6 N–H and O–H groups in total. The van der Waals surface area contributed by atoms with E-state index in [1.165, 1.54) is 12.3 Å². The summed E-state index contributed by atoms with van der Waals surface area (Å²) >= 11 is 0. The van der Waals surface area contributed by atoms with Gasteiger partial charge in [0.2, 0.25) is 5.91 Å². The minimum absolute atomic E-state index is 0.0330. The Kier molecular flexibility index (Phi) is 7.97. The molecule has 0 heterocycles. The highest BCUT2D eigenvalue weighted by Gasteiger charge is 2.55. The van der Waals surface area contributed by atoms with E-state index in [-0.39, 0.29) is 29.7 Å². The largest absolute Gasteiger partial charge is 0.390 e. The summed E-state index contributed by atoms with van der Waals surface area (Å²) in [5.41, 5.74) is -0.998. The summed E-state index contributed by atoms with van der Waals surface area (Å²) < 4.78 is 0. The van der Waals surface area contributed by atoms with E-state index in [9.17, 15) is 14.7 Å². The third-order valence-electron chi connectivity index (χ3n) is 7.27. The van der Waals surface area contributed by atoms with Gasteiger partial charge in [0.1, 0.15) is 5.82 Å². The Hall–Kier alpha value is -2.94. The van der Waals surface area contributed by atoms with Crippen molar-refractivity contribution in [2.45, 2.75) is 57.6 Å². The molecule has 0 radical (unpaired) electrons. The van der Waals surface area contributed by atoms with Gasteiger partial charge in [0.05, 0.1) is 16.6 Å². The number of amides is 2. The Labute approximate surface area is 201 Å². The second-order valence-corrected chi connectivity index (χ2v) is 10.3. The van der Waals surface area contributed by atoms with Gasteiger partial charge in [0, 0.05) is 38.8 Å². The Morgan fingerprint density at radius 3 is 2.32 bits per heavy atom. The molecule has 34 heavy (non-hydrogen) atoms. The van der Waals surface area contributed by atoms with E-state index in [4.69, 9.17) is 5.41 Å². The van der Waals surface area contributed by atoms with Gasteiger partial charge in [0.15, 0.2) is 0 Å². The highest BCUT2D eigenvalue weighted by Crippen LogP contribution is 2.55. The van der Waals surface area contributed by atoms with Crippen LogP contribution in [0.25, 0.3) is 0 Å². The number of allylic oxidation sites excluding steroid dienone is 1. The van der Waals surface area contributed by atoms with Gasteiger partial charge in [-0.3, -0.25) is 14.6 Å². The molecule has 4 saturated carbocycles. The normalized spacial score (nSPS) is 31.1. The fourth-order valence-corrected chi connectivity index (χ4v) is 5.92. The van der Waals surface area contributed by atoms with Crippen LogP contribution in [-0.4, -0.2) is 55.1 Å². The summed E-state index contributed by atoms with van der Waals surface area (Å²) in [6.07, 6.45) is 13.5. The van der Waals surface area contributed by atoms with Crippen LogP contribution < -0.4 is 21.3 Å². The van der Waals surface area contributed by atoms with Crippen molar-refractivity contribution >= 4 is 24.2 Å². The van der Waals surface area contributed by atoms with Crippen LogP contribution in [0.2, 0.25) is 0 Å². The lowest BCUT2D eigenvalue weighted by molar-refractivity contribution is -0.145. The molecule has 0 aliphatic heterocycles. The van der Waals surface area contributed by atoms with Crippen LogP contribution in [0.15, 0.2) is 40.9 Å². The zero-order valence-corrected chi connectivity index (χ0v) is 20.5. The first-order chi connectivity index (χ1) is 16.1. The molecule has 4 rings (SSSR count). The Bertz CT molecular complexity index is 904. The molecule has 9 nitrogen and oxygen atoms in total. The smallest absolute Gasteiger partial charge is 0.256 e. The highest BCUT2D eigenvalue weighted by atomic mass is 16.3. The first-order valence-corrected chi connectivity index (χ1v) is 11.9.